The third-order valence-corrected chi connectivity index (χ3v) is 2.88. The van der Waals surface area contributed by atoms with E-state index in [9.17, 15) is 9.90 Å². The maximum absolute atomic E-state index is 11.2. The number of ether oxygens (including phenoxy) is 2. The molecule has 0 aliphatic carbocycles. The van der Waals surface area contributed by atoms with Crippen LogP contribution in [0.5, 0.6) is 0 Å². The summed E-state index contributed by atoms with van der Waals surface area (Å²) in [7, 11) is 1.64. The van der Waals surface area contributed by atoms with Crippen molar-refractivity contribution >= 4 is 5.97 Å². The summed E-state index contributed by atoms with van der Waals surface area (Å²) < 4.78 is 10.2. The molecular formula is C15H23NO4. The lowest BCUT2D eigenvalue weighted by Crippen LogP contribution is -2.29. The quantitative estimate of drug-likeness (QED) is 0.606. The van der Waals surface area contributed by atoms with Crippen LogP contribution in [0.3, 0.4) is 0 Å². The second kappa shape index (κ2) is 10.4. The predicted molar refractivity (Wildman–Crippen MR) is 76.8 cm³/mol. The van der Waals surface area contributed by atoms with Crippen LogP contribution >= 0.6 is 0 Å². The number of hydrogen-bond acceptors (Lipinski definition) is 4. The lowest BCUT2D eigenvalue weighted by atomic mass is 10.1. The number of benzene rings is 1. The van der Waals surface area contributed by atoms with E-state index in [2.05, 4.69) is 5.32 Å². The van der Waals surface area contributed by atoms with E-state index < -0.39 is 12.0 Å². The fraction of sp³-hybridized carbons (Fsp3) is 0.533. The van der Waals surface area contributed by atoms with Crippen molar-refractivity contribution in [3.63, 3.8) is 0 Å². The molecule has 0 aliphatic rings. The Balaban J connectivity index is 2.19. The number of carboxylic acid groups (broad SMARTS) is 1. The molecule has 0 radical (unpaired) electrons. The number of hydrogen-bond donors (Lipinski definition) is 2. The SMILES string of the molecule is COCCOCCCCNC(C(=O)O)c1ccccc1. The van der Waals surface area contributed by atoms with Crippen LogP contribution in [-0.2, 0) is 14.3 Å². The van der Waals surface area contributed by atoms with Crippen molar-refractivity contribution in [3.05, 3.63) is 35.9 Å². The van der Waals surface area contributed by atoms with Gasteiger partial charge in [-0.05, 0) is 24.9 Å². The average Bonchev–Trinajstić information content (AvgIpc) is 2.46. The molecule has 112 valence electrons. The van der Waals surface area contributed by atoms with Gasteiger partial charge in [0.05, 0.1) is 13.2 Å². The van der Waals surface area contributed by atoms with Gasteiger partial charge in [0.15, 0.2) is 0 Å². The Morgan fingerprint density at radius 3 is 2.60 bits per heavy atom. The number of nitrogens with one attached hydrogen (secondary N) is 1. The third-order valence-electron chi connectivity index (χ3n) is 2.88. The van der Waals surface area contributed by atoms with E-state index in [-0.39, 0.29) is 0 Å². The summed E-state index contributed by atoms with van der Waals surface area (Å²) in [4.78, 5) is 11.2. The van der Waals surface area contributed by atoms with Crippen molar-refractivity contribution < 1.29 is 19.4 Å². The molecule has 0 spiro atoms. The maximum atomic E-state index is 11.2. The predicted octanol–water partition coefficient (Wildman–Crippen LogP) is 1.85. The molecule has 1 aromatic rings. The normalized spacial score (nSPS) is 12.2. The first-order valence-electron chi connectivity index (χ1n) is 6.83. The van der Waals surface area contributed by atoms with E-state index in [1.807, 2.05) is 30.3 Å². The smallest absolute Gasteiger partial charge is 0.325 e. The molecule has 5 heteroatoms. The highest BCUT2D eigenvalue weighted by atomic mass is 16.5. The van der Waals surface area contributed by atoms with Crippen molar-refractivity contribution in [1.82, 2.24) is 5.32 Å². The highest BCUT2D eigenvalue weighted by Gasteiger charge is 2.17. The molecule has 1 atom stereocenters. The van der Waals surface area contributed by atoms with Crippen LogP contribution in [0.4, 0.5) is 0 Å². The molecule has 5 nitrogen and oxygen atoms in total. The van der Waals surface area contributed by atoms with Crippen molar-refractivity contribution in [2.75, 3.05) is 33.5 Å². The molecule has 0 aliphatic heterocycles. The number of carboxylic acids is 1. The summed E-state index contributed by atoms with van der Waals surface area (Å²) >= 11 is 0. The second-order valence-corrected chi connectivity index (χ2v) is 4.45. The van der Waals surface area contributed by atoms with Crippen LogP contribution in [0, 0.1) is 0 Å². The van der Waals surface area contributed by atoms with Crippen LogP contribution < -0.4 is 5.32 Å². The standard InChI is InChI=1S/C15H23NO4/c1-19-11-12-20-10-6-5-9-16-14(15(17)18)13-7-3-2-4-8-13/h2-4,7-8,14,16H,5-6,9-12H2,1H3,(H,17,18). The Morgan fingerprint density at radius 1 is 1.20 bits per heavy atom. The van der Waals surface area contributed by atoms with E-state index in [4.69, 9.17) is 9.47 Å². The minimum Gasteiger partial charge on any atom is -0.480 e. The number of methoxy groups -OCH3 is 1. The fourth-order valence-electron chi connectivity index (χ4n) is 1.81. The van der Waals surface area contributed by atoms with Gasteiger partial charge in [0, 0.05) is 13.7 Å². The van der Waals surface area contributed by atoms with Gasteiger partial charge in [0.25, 0.3) is 0 Å². The summed E-state index contributed by atoms with van der Waals surface area (Å²) in [6, 6.07) is 8.55. The molecule has 0 saturated heterocycles. The average molecular weight is 281 g/mol. The lowest BCUT2D eigenvalue weighted by molar-refractivity contribution is -0.139. The largest absolute Gasteiger partial charge is 0.480 e. The first kappa shape index (κ1) is 16.6. The summed E-state index contributed by atoms with van der Waals surface area (Å²) in [5.41, 5.74) is 0.774. The molecule has 0 saturated carbocycles. The van der Waals surface area contributed by atoms with Gasteiger partial charge in [-0.2, -0.15) is 0 Å². The highest BCUT2D eigenvalue weighted by molar-refractivity contribution is 5.75. The van der Waals surface area contributed by atoms with Gasteiger partial charge in [-0.15, -0.1) is 0 Å². The second-order valence-electron chi connectivity index (χ2n) is 4.45. The van der Waals surface area contributed by atoms with Crippen LogP contribution in [-0.4, -0.2) is 44.6 Å². The van der Waals surface area contributed by atoms with E-state index in [1.54, 1.807) is 7.11 Å². The zero-order valence-corrected chi connectivity index (χ0v) is 11.9. The Morgan fingerprint density at radius 2 is 1.95 bits per heavy atom. The molecule has 1 unspecified atom stereocenters. The van der Waals surface area contributed by atoms with Gasteiger partial charge < -0.3 is 19.9 Å². The fourth-order valence-corrected chi connectivity index (χ4v) is 1.81. The van der Waals surface area contributed by atoms with Crippen LogP contribution in [0.25, 0.3) is 0 Å². The van der Waals surface area contributed by atoms with Crippen LogP contribution in [0.2, 0.25) is 0 Å². The van der Waals surface area contributed by atoms with Crippen LogP contribution in [0.1, 0.15) is 24.4 Å². The van der Waals surface area contributed by atoms with Gasteiger partial charge in [-0.1, -0.05) is 30.3 Å². The Labute approximate surface area is 119 Å². The summed E-state index contributed by atoms with van der Waals surface area (Å²) in [5.74, 6) is -0.854. The summed E-state index contributed by atoms with van der Waals surface area (Å²) in [6.45, 7) is 2.53. The maximum Gasteiger partial charge on any atom is 0.325 e. The third kappa shape index (κ3) is 6.65. The highest BCUT2D eigenvalue weighted by Crippen LogP contribution is 2.12. The molecule has 2 N–H and O–H groups in total. The van der Waals surface area contributed by atoms with E-state index >= 15 is 0 Å². The van der Waals surface area contributed by atoms with Crippen LogP contribution in [0.15, 0.2) is 30.3 Å². The summed E-state index contributed by atoms with van der Waals surface area (Å²) in [5, 5.41) is 12.3. The van der Waals surface area contributed by atoms with Gasteiger partial charge in [-0.3, -0.25) is 4.79 Å². The van der Waals surface area contributed by atoms with E-state index in [0.29, 0.717) is 26.4 Å². The van der Waals surface area contributed by atoms with Crippen molar-refractivity contribution in [3.8, 4) is 0 Å². The molecule has 1 rings (SSSR count). The van der Waals surface area contributed by atoms with E-state index in [1.165, 1.54) is 0 Å². The summed E-state index contributed by atoms with van der Waals surface area (Å²) in [6.07, 6.45) is 1.78. The van der Waals surface area contributed by atoms with Crippen molar-refractivity contribution in [2.45, 2.75) is 18.9 Å². The zero-order chi connectivity index (χ0) is 14.6. The zero-order valence-electron chi connectivity index (χ0n) is 11.9. The minimum absolute atomic E-state index is 0.603. The Bertz CT molecular complexity index is 369. The number of rotatable bonds is 11. The Kier molecular flexibility index (Phi) is 8.62. The monoisotopic (exact) mass is 281 g/mol. The Hall–Kier alpha value is -1.43. The molecular weight excluding hydrogens is 258 g/mol. The number of carbonyl (C=O) groups is 1. The molecule has 0 heterocycles. The molecule has 0 bridgehead atoms. The topological polar surface area (TPSA) is 67.8 Å². The number of unbranched alkanes of at least 4 members (excludes halogenated alkanes) is 1. The lowest BCUT2D eigenvalue weighted by Gasteiger charge is -2.14. The molecule has 20 heavy (non-hydrogen) atoms. The molecule has 0 aromatic heterocycles. The van der Waals surface area contributed by atoms with Crippen molar-refractivity contribution in [1.29, 1.82) is 0 Å². The first-order chi connectivity index (χ1) is 9.75. The van der Waals surface area contributed by atoms with Crippen molar-refractivity contribution in [2.24, 2.45) is 0 Å². The molecule has 1 aromatic carbocycles. The van der Waals surface area contributed by atoms with Gasteiger partial charge in [0.2, 0.25) is 0 Å². The molecule has 0 amide bonds. The molecule has 0 fully saturated rings. The van der Waals surface area contributed by atoms with E-state index in [0.717, 1.165) is 18.4 Å². The minimum atomic E-state index is -0.854. The first-order valence-corrected chi connectivity index (χ1v) is 6.83. The van der Waals surface area contributed by atoms with Gasteiger partial charge in [-0.25, -0.2) is 0 Å². The number of aliphatic carboxylic acids is 1. The van der Waals surface area contributed by atoms with Gasteiger partial charge >= 0.3 is 5.97 Å². The van der Waals surface area contributed by atoms with Gasteiger partial charge in [0.1, 0.15) is 6.04 Å².